The number of halogens is 1. The van der Waals surface area contributed by atoms with Crippen LogP contribution in [0.5, 0.6) is 0 Å². The second-order valence-electron chi connectivity index (χ2n) is 4.59. The maximum atomic E-state index is 12.8. The standard InChI is InChI=1S/C13H18FN3O/c14-11-1-3-12(4-2-11)17-6-5-10(9-17)8-16-13(18)7-15/h1-4,10H,5-9,15H2,(H,16,18). The summed E-state index contributed by atoms with van der Waals surface area (Å²) in [5.74, 6) is 0.102. The molecule has 3 N–H and O–H groups in total. The highest BCUT2D eigenvalue weighted by Crippen LogP contribution is 2.23. The summed E-state index contributed by atoms with van der Waals surface area (Å²) in [4.78, 5) is 13.3. The fourth-order valence-corrected chi connectivity index (χ4v) is 2.22. The van der Waals surface area contributed by atoms with Gasteiger partial charge in [0.1, 0.15) is 5.82 Å². The Kier molecular flexibility index (Phi) is 4.15. The van der Waals surface area contributed by atoms with Crippen LogP contribution in [0.15, 0.2) is 24.3 Å². The van der Waals surface area contributed by atoms with Crippen molar-refractivity contribution in [2.45, 2.75) is 6.42 Å². The van der Waals surface area contributed by atoms with E-state index < -0.39 is 0 Å². The van der Waals surface area contributed by atoms with E-state index in [4.69, 9.17) is 5.73 Å². The summed E-state index contributed by atoms with van der Waals surface area (Å²) in [5.41, 5.74) is 6.26. The van der Waals surface area contributed by atoms with Crippen LogP contribution in [0.2, 0.25) is 0 Å². The maximum absolute atomic E-state index is 12.8. The van der Waals surface area contributed by atoms with Crippen molar-refractivity contribution in [3.05, 3.63) is 30.1 Å². The third-order valence-electron chi connectivity index (χ3n) is 3.25. The molecule has 0 bridgehead atoms. The molecule has 1 unspecified atom stereocenters. The molecule has 5 heteroatoms. The van der Waals surface area contributed by atoms with Crippen LogP contribution in [0.25, 0.3) is 0 Å². The lowest BCUT2D eigenvalue weighted by Crippen LogP contribution is -2.35. The summed E-state index contributed by atoms with van der Waals surface area (Å²) in [6.07, 6.45) is 1.03. The first-order valence-corrected chi connectivity index (χ1v) is 6.16. The number of anilines is 1. The number of rotatable bonds is 4. The molecule has 1 fully saturated rings. The van der Waals surface area contributed by atoms with Crippen LogP contribution < -0.4 is 16.0 Å². The molecule has 0 aliphatic carbocycles. The van der Waals surface area contributed by atoms with Gasteiger partial charge in [0.05, 0.1) is 6.54 Å². The Morgan fingerprint density at radius 2 is 2.17 bits per heavy atom. The predicted molar refractivity (Wildman–Crippen MR) is 68.8 cm³/mol. The Hall–Kier alpha value is -1.62. The SMILES string of the molecule is NCC(=O)NCC1CCN(c2ccc(F)cc2)C1. The summed E-state index contributed by atoms with van der Waals surface area (Å²) in [5, 5.41) is 2.80. The number of benzene rings is 1. The molecule has 1 saturated heterocycles. The molecule has 0 spiro atoms. The van der Waals surface area contributed by atoms with Gasteiger partial charge < -0.3 is 16.0 Å². The molecule has 1 aromatic rings. The molecule has 1 aliphatic rings. The Balaban J connectivity index is 1.84. The molecular formula is C13H18FN3O. The molecule has 1 aliphatic heterocycles. The fourth-order valence-electron chi connectivity index (χ4n) is 2.22. The highest BCUT2D eigenvalue weighted by atomic mass is 19.1. The minimum atomic E-state index is -0.218. The number of nitrogens with one attached hydrogen (secondary N) is 1. The van der Waals surface area contributed by atoms with E-state index in [1.54, 1.807) is 12.1 Å². The van der Waals surface area contributed by atoms with Crippen molar-refractivity contribution in [3.8, 4) is 0 Å². The van der Waals surface area contributed by atoms with Crippen molar-refractivity contribution >= 4 is 11.6 Å². The van der Waals surface area contributed by atoms with Crippen LogP contribution in [0, 0.1) is 11.7 Å². The van der Waals surface area contributed by atoms with E-state index in [0.717, 1.165) is 25.2 Å². The zero-order chi connectivity index (χ0) is 13.0. The maximum Gasteiger partial charge on any atom is 0.233 e. The minimum absolute atomic E-state index is 0.0361. The second-order valence-corrected chi connectivity index (χ2v) is 4.59. The first-order chi connectivity index (χ1) is 8.69. The highest BCUT2D eigenvalue weighted by Gasteiger charge is 2.22. The number of carbonyl (C=O) groups is 1. The second kappa shape index (κ2) is 5.82. The van der Waals surface area contributed by atoms with Crippen molar-refractivity contribution in [3.63, 3.8) is 0 Å². The number of hydrogen-bond acceptors (Lipinski definition) is 3. The van der Waals surface area contributed by atoms with Gasteiger partial charge in [0.15, 0.2) is 0 Å². The topological polar surface area (TPSA) is 58.4 Å². The van der Waals surface area contributed by atoms with Crippen molar-refractivity contribution in [1.29, 1.82) is 0 Å². The summed E-state index contributed by atoms with van der Waals surface area (Å²) >= 11 is 0. The van der Waals surface area contributed by atoms with E-state index in [-0.39, 0.29) is 18.3 Å². The first-order valence-electron chi connectivity index (χ1n) is 6.16. The normalized spacial score (nSPS) is 19.0. The van der Waals surface area contributed by atoms with Crippen molar-refractivity contribution in [1.82, 2.24) is 5.32 Å². The largest absolute Gasteiger partial charge is 0.371 e. The zero-order valence-corrected chi connectivity index (χ0v) is 10.2. The molecule has 1 heterocycles. The molecular weight excluding hydrogens is 233 g/mol. The molecule has 98 valence electrons. The van der Waals surface area contributed by atoms with Crippen molar-refractivity contribution in [2.75, 3.05) is 31.1 Å². The third kappa shape index (κ3) is 3.20. The first kappa shape index (κ1) is 12.8. The Morgan fingerprint density at radius 3 is 2.83 bits per heavy atom. The van der Waals surface area contributed by atoms with E-state index in [0.29, 0.717) is 12.5 Å². The average Bonchev–Trinajstić information content (AvgIpc) is 2.85. The lowest BCUT2D eigenvalue weighted by Gasteiger charge is -2.18. The lowest BCUT2D eigenvalue weighted by atomic mass is 10.1. The van der Waals surface area contributed by atoms with Crippen LogP contribution >= 0.6 is 0 Å². The van der Waals surface area contributed by atoms with E-state index >= 15 is 0 Å². The van der Waals surface area contributed by atoms with Gasteiger partial charge >= 0.3 is 0 Å². The van der Waals surface area contributed by atoms with Crippen LogP contribution in [-0.2, 0) is 4.79 Å². The average molecular weight is 251 g/mol. The van der Waals surface area contributed by atoms with E-state index in [9.17, 15) is 9.18 Å². The predicted octanol–water partition coefficient (Wildman–Crippen LogP) is 0.727. The van der Waals surface area contributed by atoms with Gasteiger partial charge in [0, 0.05) is 25.3 Å². The van der Waals surface area contributed by atoms with Crippen LogP contribution in [0.4, 0.5) is 10.1 Å². The molecule has 1 amide bonds. The van der Waals surface area contributed by atoms with E-state index in [2.05, 4.69) is 10.2 Å². The van der Waals surface area contributed by atoms with E-state index in [1.165, 1.54) is 12.1 Å². The van der Waals surface area contributed by atoms with Gasteiger partial charge in [-0.2, -0.15) is 0 Å². The zero-order valence-electron chi connectivity index (χ0n) is 10.2. The Morgan fingerprint density at radius 1 is 1.44 bits per heavy atom. The van der Waals surface area contributed by atoms with Gasteiger partial charge in [-0.1, -0.05) is 0 Å². The number of nitrogens with zero attached hydrogens (tertiary/aromatic N) is 1. The van der Waals surface area contributed by atoms with Gasteiger partial charge in [-0.15, -0.1) is 0 Å². The molecule has 1 aromatic carbocycles. The highest BCUT2D eigenvalue weighted by molar-refractivity contribution is 5.77. The van der Waals surface area contributed by atoms with Crippen LogP contribution in [0.1, 0.15) is 6.42 Å². The van der Waals surface area contributed by atoms with Gasteiger partial charge in [0.2, 0.25) is 5.91 Å². The molecule has 4 nitrogen and oxygen atoms in total. The van der Waals surface area contributed by atoms with E-state index in [1.807, 2.05) is 0 Å². The van der Waals surface area contributed by atoms with Gasteiger partial charge in [-0.05, 0) is 36.6 Å². The fraction of sp³-hybridized carbons (Fsp3) is 0.462. The summed E-state index contributed by atoms with van der Waals surface area (Å²) in [7, 11) is 0. The number of amides is 1. The number of hydrogen-bond donors (Lipinski definition) is 2. The van der Waals surface area contributed by atoms with Crippen molar-refractivity contribution < 1.29 is 9.18 Å². The van der Waals surface area contributed by atoms with Crippen molar-refractivity contribution in [2.24, 2.45) is 11.7 Å². The van der Waals surface area contributed by atoms with Gasteiger partial charge in [-0.25, -0.2) is 4.39 Å². The Bertz CT molecular complexity index is 407. The van der Waals surface area contributed by atoms with Crippen LogP contribution in [0.3, 0.4) is 0 Å². The lowest BCUT2D eigenvalue weighted by molar-refractivity contribution is -0.119. The monoisotopic (exact) mass is 251 g/mol. The number of carbonyl (C=O) groups excluding carboxylic acids is 1. The quantitative estimate of drug-likeness (QED) is 0.829. The molecule has 0 radical (unpaired) electrons. The molecule has 0 aromatic heterocycles. The molecule has 1 atom stereocenters. The summed E-state index contributed by atoms with van der Waals surface area (Å²) in [6, 6.07) is 6.52. The molecule has 18 heavy (non-hydrogen) atoms. The summed E-state index contributed by atoms with van der Waals surface area (Å²) in [6.45, 7) is 2.52. The summed E-state index contributed by atoms with van der Waals surface area (Å²) < 4.78 is 12.8. The molecule has 2 rings (SSSR count). The number of nitrogens with two attached hydrogens (primary N) is 1. The smallest absolute Gasteiger partial charge is 0.233 e. The Labute approximate surface area is 106 Å². The van der Waals surface area contributed by atoms with Gasteiger partial charge in [0.25, 0.3) is 0 Å². The van der Waals surface area contributed by atoms with Gasteiger partial charge in [-0.3, -0.25) is 4.79 Å². The van der Waals surface area contributed by atoms with Crippen LogP contribution in [-0.4, -0.2) is 32.1 Å². The minimum Gasteiger partial charge on any atom is -0.371 e. The molecule has 0 saturated carbocycles. The third-order valence-corrected chi connectivity index (χ3v) is 3.25.